The monoisotopic (exact) mass is 404 g/mol. The zero-order valence-corrected chi connectivity index (χ0v) is 16.9. The molecule has 0 radical (unpaired) electrons. The summed E-state index contributed by atoms with van der Waals surface area (Å²) in [5, 5.41) is 11.4. The van der Waals surface area contributed by atoms with Gasteiger partial charge in [-0.15, -0.1) is 10.2 Å². The van der Waals surface area contributed by atoms with Crippen LogP contribution in [0.5, 0.6) is 5.75 Å². The first kappa shape index (κ1) is 18.7. The molecule has 154 valence electrons. The standard InChI is InChI=1S/C22H24N6O2/c1-30-19-6-4-18(5-7-19)24-22(29)21-26-25-20-9-16-12-27(13-17(16)14-28(20)21)11-15-3-2-8-23-10-15/h2-8,10,16-17H,9,11-14H2,1H3,(H,24,29)/t16-,17-/m0/s1. The maximum Gasteiger partial charge on any atom is 0.293 e. The zero-order valence-electron chi connectivity index (χ0n) is 16.9. The Bertz CT molecular complexity index is 1030. The van der Waals surface area contributed by atoms with E-state index in [-0.39, 0.29) is 5.91 Å². The van der Waals surface area contributed by atoms with Crippen LogP contribution in [0.4, 0.5) is 5.69 Å². The van der Waals surface area contributed by atoms with Gasteiger partial charge in [-0.1, -0.05) is 6.07 Å². The number of aromatic nitrogens is 4. The van der Waals surface area contributed by atoms with Gasteiger partial charge < -0.3 is 14.6 Å². The summed E-state index contributed by atoms with van der Waals surface area (Å²) in [5.74, 6) is 2.84. The number of nitrogens with zero attached hydrogens (tertiary/aromatic N) is 5. The quantitative estimate of drug-likeness (QED) is 0.702. The van der Waals surface area contributed by atoms with Crippen LogP contribution in [0.25, 0.3) is 0 Å². The van der Waals surface area contributed by atoms with E-state index in [9.17, 15) is 4.79 Å². The number of pyridine rings is 1. The van der Waals surface area contributed by atoms with Crippen molar-refractivity contribution in [3.8, 4) is 5.75 Å². The molecule has 4 heterocycles. The molecule has 3 aromatic rings. The van der Waals surface area contributed by atoms with Gasteiger partial charge in [0.1, 0.15) is 11.6 Å². The lowest BCUT2D eigenvalue weighted by atomic mass is 9.89. The number of hydrogen-bond donors (Lipinski definition) is 1. The van der Waals surface area contributed by atoms with Gasteiger partial charge in [-0.05, 0) is 47.7 Å². The zero-order chi connectivity index (χ0) is 20.5. The lowest BCUT2D eigenvalue weighted by molar-refractivity contribution is 0.100. The SMILES string of the molecule is COc1ccc(NC(=O)c2nnc3n2C[C@@H]2CN(Cc4cccnc4)C[C@@H]2C3)cc1. The predicted molar refractivity (Wildman–Crippen MR) is 111 cm³/mol. The van der Waals surface area contributed by atoms with Crippen LogP contribution in [0, 0.1) is 11.8 Å². The van der Waals surface area contributed by atoms with Crippen molar-refractivity contribution in [2.75, 3.05) is 25.5 Å². The molecule has 8 nitrogen and oxygen atoms in total. The van der Waals surface area contributed by atoms with Crippen LogP contribution < -0.4 is 10.1 Å². The van der Waals surface area contributed by atoms with Crippen molar-refractivity contribution in [3.63, 3.8) is 0 Å². The molecule has 2 atom stereocenters. The smallest absolute Gasteiger partial charge is 0.293 e. The highest BCUT2D eigenvalue weighted by Crippen LogP contribution is 2.33. The number of amides is 1. The van der Waals surface area contributed by atoms with E-state index < -0.39 is 0 Å². The summed E-state index contributed by atoms with van der Waals surface area (Å²) < 4.78 is 7.15. The Morgan fingerprint density at radius 1 is 1.13 bits per heavy atom. The second-order valence-corrected chi connectivity index (χ2v) is 8.01. The van der Waals surface area contributed by atoms with Gasteiger partial charge >= 0.3 is 0 Å². The highest BCUT2D eigenvalue weighted by atomic mass is 16.5. The normalized spacial score (nSPS) is 20.4. The Labute approximate surface area is 174 Å². The molecule has 0 aliphatic carbocycles. The summed E-state index contributed by atoms with van der Waals surface area (Å²) in [4.78, 5) is 19.5. The van der Waals surface area contributed by atoms with E-state index in [0.29, 0.717) is 23.3 Å². The van der Waals surface area contributed by atoms with Crippen LogP contribution in [0.15, 0.2) is 48.8 Å². The van der Waals surface area contributed by atoms with Gasteiger partial charge in [0.05, 0.1) is 7.11 Å². The fourth-order valence-electron chi connectivity index (χ4n) is 4.53. The number of ether oxygens (including phenoxy) is 1. The van der Waals surface area contributed by atoms with Gasteiger partial charge in [-0.2, -0.15) is 0 Å². The number of carbonyl (C=O) groups is 1. The van der Waals surface area contributed by atoms with Crippen LogP contribution in [-0.4, -0.2) is 50.8 Å². The number of benzene rings is 1. The third-order valence-electron chi connectivity index (χ3n) is 6.02. The molecule has 0 saturated carbocycles. The van der Waals surface area contributed by atoms with Gasteiger partial charge in [-0.25, -0.2) is 0 Å². The fraction of sp³-hybridized carbons (Fsp3) is 0.364. The van der Waals surface area contributed by atoms with E-state index in [0.717, 1.165) is 44.2 Å². The average Bonchev–Trinajstić information content (AvgIpc) is 3.35. The largest absolute Gasteiger partial charge is 0.497 e. The van der Waals surface area contributed by atoms with Crippen LogP contribution >= 0.6 is 0 Å². The molecule has 1 N–H and O–H groups in total. The lowest BCUT2D eigenvalue weighted by Gasteiger charge is -2.25. The highest BCUT2D eigenvalue weighted by molar-refractivity contribution is 6.01. The molecule has 5 rings (SSSR count). The number of hydrogen-bond acceptors (Lipinski definition) is 6. The molecule has 8 heteroatoms. The lowest BCUT2D eigenvalue weighted by Crippen LogP contribution is -2.31. The number of anilines is 1. The van der Waals surface area contributed by atoms with E-state index in [2.05, 4.69) is 31.5 Å². The summed E-state index contributed by atoms with van der Waals surface area (Å²) in [6, 6.07) is 11.4. The van der Waals surface area contributed by atoms with Crippen molar-refractivity contribution in [2.24, 2.45) is 11.8 Å². The highest BCUT2D eigenvalue weighted by Gasteiger charge is 2.39. The number of rotatable bonds is 5. The minimum absolute atomic E-state index is 0.234. The summed E-state index contributed by atoms with van der Waals surface area (Å²) >= 11 is 0. The van der Waals surface area contributed by atoms with Crippen LogP contribution in [0.3, 0.4) is 0 Å². The van der Waals surface area contributed by atoms with E-state index in [4.69, 9.17) is 4.74 Å². The molecule has 1 amide bonds. The minimum Gasteiger partial charge on any atom is -0.497 e. The summed E-state index contributed by atoms with van der Waals surface area (Å²) in [7, 11) is 1.62. The number of likely N-dealkylation sites (tertiary alicyclic amines) is 1. The molecule has 30 heavy (non-hydrogen) atoms. The Balaban J connectivity index is 1.26. The van der Waals surface area contributed by atoms with Gasteiger partial charge in [0.25, 0.3) is 5.91 Å². The molecule has 0 unspecified atom stereocenters. The Kier molecular flexibility index (Phi) is 4.92. The second kappa shape index (κ2) is 7.87. The maximum atomic E-state index is 12.8. The summed E-state index contributed by atoms with van der Waals surface area (Å²) in [6.45, 7) is 3.74. The Hall–Kier alpha value is -3.26. The van der Waals surface area contributed by atoms with E-state index >= 15 is 0 Å². The maximum absolute atomic E-state index is 12.8. The molecule has 1 aromatic carbocycles. The third-order valence-corrected chi connectivity index (χ3v) is 6.02. The molecular weight excluding hydrogens is 380 g/mol. The molecule has 1 fully saturated rings. The molecule has 0 bridgehead atoms. The van der Waals surface area contributed by atoms with Crippen LogP contribution in [0.2, 0.25) is 0 Å². The van der Waals surface area contributed by atoms with Crippen molar-refractivity contribution >= 4 is 11.6 Å². The van der Waals surface area contributed by atoms with Gasteiger partial charge in [0, 0.05) is 50.7 Å². The Morgan fingerprint density at radius 3 is 2.73 bits per heavy atom. The molecule has 2 aliphatic rings. The van der Waals surface area contributed by atoms with Crippen molar-refractivity contribution in [1.29, 1.82) is 0 Å². The fourth-order valence-corrected chi connectivity index (χ4v) is 4.53. The van der Waals surface area contributed by atoms with E-state index in [1.165, 1.54) is 5.56 Å². The number of fused-ring (bicyclic) bond motifs is 2. The van der Waals surface area contributed by atoms with Gasteiger partial charge in [-0.3, -0.25) is 14.7 Å². The van der Waals surface area contributed by atoms with Crippen molar-refractivity contribution in [3.05, 3.63) is 66.0 Å². The Morgan fingerprint density at radius 2 is 1.97 bits per heavy atom. The molecule has 0 spiro atoms. The van der Waals surface area contributed by atoms with Gasteiger partial charge in [0.15, 0.2) is 0 Å². The van der Waals surface area contributed by atoms with Crippen molar-refractivity contribution < 1.29 is 9.53 Å². The summed E-state index contributed by atoms with van der Waals surface area (Å²) in [6.07, 6.45) is 4.59. The van der Waals surface area contributed by atoms with Crippen molar-refractivity contribution in [2.45, 2.75) is 19.5 Å². The number of nitrogens with one attached hydrogen (secondary N) is 1. The first-order valence-corrected chi connectivity index (χ1v) is 10.2. The van der Waals surface area contributed by atoms with Crippen LogP contribution in [0.1, 0.15) is 22.0 Å². The van der Waals surface area contributed by atoms with E-state index in [1.807, 2.05) is 41.1 Å². The second-order valence-electron chi connectivity index (χ2n) is 8.01. The van der Waals surface area contributed by atoms with Crippen LogP contribution in [-0.2, 0) is 19.5 Å². The number of carbonyl (C=O) groups excluding carboxylic acids is 1. The minimum atomic E-state index is -0.234. The third kappa shape index (κ3) is 3.66. The molecule has 1 saturated heterocycles. The predicted octanol–water partition coefficient (Wildman–Crippen LogP) is 2.24. The number of methoxy groups -OCH3 is 1. The molecule has 2 aromatic heterocycles. The first-order chi connectivity index (χ1) is 14.7. The summed E-state index contributed by atoms with van der Waals surface area (Å²) in [5.41, 5.74) is 1.94. The van der Waals surface area contributed by atoms with Gasteiger partial charge in [0.2, 0.25) is 5.82 Å². The molecular formula is C22H24N6O2. The molecule has 2 aliphatic heterocycles. The first-order valence-electron chi connectivity index (χ1n) is 10.2. The topological polar surface area (TPSA) is 85.2 Å². The average molecular weight is 404 g/mol. The van der Waals surface area contributed by atoms with E-state index in [1.54, 1.807) is 13.3 Å². The van der Waals surface area contributed by atoms with Crippen molar-refractivity contribution in [1.82, 2.24) is 24.6 Å².